The molecule has 0 bridgehead atoms. The molecule has 0 radical (unpaired) electrons. The van der Waals surface area contributed by atoms with Crippen LogP contribution in [0, 0.1) is 12.7 Å². The number of nitrogens with one attached hydrogen (secondary N) is 1. The molecule has 1 aromatic heterocycles. The van der Waals surface area contributed by atoms with Gasteiger partial charge in [0.05, 0.1) is 6.04 Å². The maximum Gasteiger partial charge on any atom is 0.170 e. The normalized spacial score (nSPS) is 13.1. The van der Waals surface area contributed by atoms with E-state index in [9.17, 15) is 4.39 Å². The Morgan fingerprint density at radius 3 is 2.78 bits per heavy atom. The van der Waals surface area contributed by atoms with Crippen LogP contribution in [-0.4, -0.2) is 6.54 Å². The molecule has 1 unspecified atom stereocenters. The van der Waals surface area contributed by atoms with Gasteiger partial charge in [-0.3, -0.25) is 0 Å². The van der Waals surface area contributed by atoms with Crippen molar-refractivity contribution in [3.05, 3.63) is 35.3 Å². The maximum absolute atomic E-state index is 13.9. The molecule has 0 fully saturated rings. The van der Waals surface area contributed by atoms with E-state index < -0.39 is 0 Å². The van der Waals surface area contributed by atoms with Crippen molar-refractivity contribution in [1.82, 2.24) is 5.32 Å². The third-order valence-electron chi connectivity index (χ3n) is 3.23. The average molecular weight is 249 g/mol. The third-order valence-corrected chi connectivity index (χ3v) is 3.23. The van der Waals surface area contributed by atoms with E-state index in [0.717, 1.165) is 30.5 Å². The van der Waals surface area contributed by atoms with E-state index in [0.29, 0.717) is 11.1 Å². The van der Waals surface area contributed by atoms with Gasteiger partial charge in [-0.05, 0) is 37.9 Å². The summed E-state index contributed by atoms with van der Waals surface area (Å²) in [5, 5.41) is 4.25. The van der Waals surface area contributed by atoms with Crippen molar-refractivity contribution >= 4 is 11.0 Å². The SMILES string of the molecule is CCCNC(CC)c1cc2ccc(C)c(F)c2o1. The standard InChI is InChI=1S/C15H20FNO/c1-4-8-17-12(5-2)13-9-11-7-6-10(3)14(16)15(11)18-13/h6-7,9,12,17H,4-5,8H2,1-3H3. The highest BCUT2D eigenvalue weighted by molar-refractivity contribution is 5.79. The van der Waals surface area contributed by atoms with Crippen LogP contribution in [0.3, 0.4) is 0 Å². The van der Waals surface area contributed by atoms with E-state index >= 15 is 0 Å². The highest BCUT2D eigenvalue weighted by Gasteiger charge is 2.16. The summed E-state index contributed by atoms with van der Waals surface area (Å²) in [5.41, 5.74) is 1.000. The molecule has 2 rings (SSSR count). The molecule has 0 aliphatic rings. The van der Waals surface area contributed by atoms with E-state index in [2.05, 4.69) is 19.2 Å². The van der Waals surface area contributed by atoms with E-state index in [1.807, 2.05) is 12.1 Å². The summed E-state index contributed by atoms with van der Waals surface area (Å²) in [4.78, 5) is 0. The highest BCUT2D eigenvalue weighted by Crippen LogP contribution is 2.28. The molecular weight excluding hydrogens is 229 g/mol. The topological polar surface area (TPSA) is 25.2 Å². The monoisotopic (exact) mass is 249 g/mol. The quantitative estimate of drug-likeness (QED) is 0.853. The maximum atomic E-state index is 13.9. The van der Waals surface area contributed by atoms with E-state index in [-0.39, 0.29) is 11.9 Å². The average Bonchev–Trinajstić information content (AvgIpc) is 2.80. The van der Waals surface area contributed by atoms with Crippen LogP contribution in [0.1, 0.15) is 44.1 Å². The van der Waals surface area contributed by atoms with Crippen molar-refractivity contribution in [2.45, 2.75) is 39.7 Å². The summed E-state index contributed by atoms with van der Waals surface area (Å²) in [6.45, 7) is 6.92. The van der Waals surface area contributed by atoms with Crippen LogP contribution in [0.5, 0.6) is 0 Å². The van der Waals surface area contributed by atoms with Gasteiger partial charge < -0.3 is 9.73 Å². The van der Waals surface area contributed by atoms with Crippen molar-refractivity contribution in [2.75, 3.05) is 6.54 Å². The fourth-order valence-electron chi connectivity index (χ4n) is 2.12. The molecule has 1 aromatic carbocycles. The van der Waals surface area contributed by atoms with E-state index in [4.69, 9.17) is 4.42 Å². The van der Waals surface area contributed by atoms with Gasteiger partial charge in [0, 0.05) is 5.39 Å². The molecule has 18 heavy (non-hydrogen) atoms. The van der Waals surface area contributed by atoms with Crippen LogP contribution in [0.15, 0.2) is 22.6 Å². The molecule has 1 heterocycles. The van der Waals surface area contributed by atoms with Gasteiger partial charge in [0.25, 0.3) is 0 Å². The molecule has 1 N–H and O–H groups in total. The lowest BCUT2D eigenvalue weighted by Gasteiger charge is -2.13. The number of hydrogen-bond donors (Lipinski definition) is 1. The first-order chi connectivity index (χ1) is 8.67. The number of furan rings is 1. The predicted octanol–water partition coefficient (Wildman–Crippen LogP) is 4.33. The van der Waals surface area contributed by atoms with Crippen molar-refractivity contribution in [3.63, 3.8) is 0 Å². The summed E-state index contributed by atoms with van der Waals surface area (Å²) in [6.07, 6.45) is 2.00. The fraction of sp³-hybridized carbons (Fsp3) is 0.467. The smallest absolute Gasteiger partial charge is 0.170 e. The zero-order chi connectivity index (χ0) is 13.1. The number of rotatable bonds is 5. The van der Waals surface area contributed by atoms with E-state index in [1.54, 1.807) is 13.0 Å². The lowest BCUT2D eigenvalue weighted by molar-refractivity contribution is 0.415. The van der Waals surface area contributed by atoms with Gasteiger partial charge in [-0.2, -0.15) is 0 Å². The van der Waals surface area contributed by atoms with Gasteiger partial charge in [-0.15, -0.1) is 0 Å². The van der Waals surface area contributed by atoms with Gasteiger partial charge in [0.1, 0.15) is 5.76 Å². The largest absolute Gasteiger partial charge is 0.456 e. The second-order valence-corrected chi connectivity index (χ2v) is 4.68. The Morgan fingerprint density at radius 2 is 2.11 bits per heavy atom. The van der Waals surface area contributed by atoms with Gasteiger partial charge >= 0.3 is 0 Å². The Balaban J connectivity index is 2.36. The Labute approximate surface area is 107 Å². The summed E-state index contributed by atoms with van der Waals surface area (Å²) in [7, 11) is 0. The van der Waals surface area contributed by atoms with Crippen LogP contribution < -0.4 is 5.32 Å². The first-order valence-electron chi connectivity index (χ1n) is 6.59. The minimum Gasteiger partial charge on any atom is -0.456 e. The fourth-order valence-corrected chi connectivity index (χ4v) is 2.12. The first kappa shape index (κ1) is 13.1. The second-order valence-electron chi connectivity index (χ2n) is 4.68. The van der Waals surface area contributed by atoms with Gasteiger partial charge in [0.15, 0.2) is 11.4 Å². The Hall–Kier alpha value is -1.35. The van der Waals surface area contributed by atoms with Crippen molar-refractivity contribution < 1.29 is 8.81 Å². The molecule has 2 nitrogen and oxygen atoms in total. The number of halogens is 1. The van der Waals surface area contributed by atoms with Gasteiger partial charge in [-0.25, -0.2) is 4.39 Å². The van der Waals surface area contributed by atoms with Crippen LogP contribution in [0.2, 0.25) is 0 Å². The molecule has 0 spiro atoms. The number of aryl methyl sites for hydroxylation is 1. The molecule has 1 atom stereocenters. The van der Waals surface area contributed by atoms with Crippen LogP contribution >= 0.6 is 0 Å². The van der Waals surface area contributed by atoms with Crippen LogP contribution in [-0.2, 0) is 0 Å². The molecule has 0 aliphatic heterocycles. The minimum absolute atomic E-state index is 0.164. The van der Waals surface area contributed by atoms with Gasteiger partial charge in [0.2, 0.25) is 0 Å². The second kappa shape index (κ2) is 5.53. The summed E-state index contributed by atoms with van der Waals surface area (Å²) >= 11 is 0. The molecule has 3 heteroatoms. The lowest BCUT2D eigenvalue weighted by atomic mass is 10.1. The molecule has 2 aromatic rings. The number of fused-ring (bicyclic) bond motifs is 1. The highest BCUT2D eigenvalue weighted by atomic mass is 19.1. The Bertz CT molecular complexity index is 533. The molecular formula is C15H20FNO. The Morgan fingerprint density at radius 1 is 1.33 bits per heavy atom. The number of hydrogen-bond acceptors (Lipinski definition) is 2. The van der Waals surface area contributed by atoms with Crippen molar-refractivity contribution in [1.29, 1.82) is 0 Å². The predicted molar refractivity (Wildman–Crippen MR) is 72.2 cm³/mol. The summed E-state index contributed by atoms with van der Waals surface area (Å²) in [6, 6.07) is 5.80. The number of benzene rings is 1. The van der Waals surface area contributed by atoms with Crippen molar-refractivity contribution in [2.24, 2.45) is 0 Å². The van der Waals surface area contributed by atoms with E-state index in [1.165, 1.54) is 0 Å². The molecule has 0 saturated carbocycles. The van der Waals surface area contributed by atoms with Gasteiger partial charge in [-0.1, -0.05) is 26.0 Å². The summed E-state index contributed by atoms with van der Waals surface area (Å²) < 4.78 is 19.6. The molecule has 98 valence electrons. The first-order valence-corrected chi connectivity index (χ1v) is 6.59. The zero-order valence-electron chi connectivity index (χ0n) is 11.2. The Kier molecular flexibility index (Phi) is 4.02. The van der Waals surface area contributed by atoms with Crippen LogP contribution in [0.4, 0.5) is 4.39 Å². The zero-order valence-corrected chi connectivity index (χ0v) is 11.2. The van der Waals surface area contributed by atoms with Crippen molar-refractivity contribution in [3.8, 4) is 0 Å². The molecule has 0 amide bonds. The lowest BCUT2D eigenvalue weighted by Crippen LogP contribution is -2.20. The third kappa shape index (κ3) is 2.41. The summed E-state index contributed by atoms with van der Waals surface area (Å²) in [5.74, 6) is 0.578. The minimum atomic E-state index is -0.246. The molecule has 0 aliphatic carbocycles. The van der Waals surface area contributed by atoms with Crippen LogP contribution in [0.25, 0.3) is 11.0 Å². The molecule has 0 saturated heterocycles.